The van der Waals surface area contributed by atoms with Crippen LogP contribution in [0.4, 0.5) is 0 Å². The monoisotopic (exact) mass is 416 g/mol. The summed E-state index contributed by atoms with van der Waals surface area (Å²) in [6.45, 7) is 18.9. The minimum atomic E-state index is -0.140. The summed E-state index contributed by atoms with van der Waals surface area (Å²) in [5.74, 6) is 2.69. The second-order valence-electron chi connectivity index (χ2n) is 8.26. The van der Waals surface area contributed by atoms with E-state index in [-0.39, 0.29) is 44.0 Å². The van der Waals surface area contributed by atoms with Crippen molar-refractivity contribution in [3.63, 3.8) is 0 Å². The minimum Gasteiger partial charge on any atom is -1.00 e. The van der Waals surface area contributed by atoms with Crippen molar-refractivity contribution in [3.8, 4) is 0 Å². The van der Waals surface area contributed by atoms with Gasteiger partial charge in [-0.2, -0.15) is 0 Å². The van der Waals surface area contributed by atoms with Crippen LogP contribution in [0.15, 0.2) is 42.2 Å². The molecule has 140 valence electrons. The van der Waals surface area contributed by atoms with Gasteiger partial charge in [-0.05, 0) is 0 Å². The van der Waals surface area contributed by atoms with Crippen molar-refractivity contribution in [2.45, 2.75) is 68.2 Å². The molecular weight excluding hydrogens is 383 g/mol. The van der Waals surface area contributed by atoms with E-state index in [1.807, 2.05) is 7.76 Å². The first-order chi connectivity index (χ1) is 10.7. The van der Waals surface area contributed by atoms with Crippen LogP contribution in [0.1, 0.15) is 68.2 Å². The molecule has 25 heavy (non-hydrogen) atoms. The van der Waals surface area contributed by atoms with Gasteiger partial charge in [-0.15, -0.1) is 0 Å². The molecule has 0 fully saturated rings. The Bertz CT molecular complexity index is 535. The molecule has 0 nitrogen and oxygen atoms in total. The Hall–Kier alpha value is 0.254. The Morgan fingerprint density at radius 2 is 0.920 bits per heavy atom. The van der Waals surface area contributed by atoms with Crippen LogP contribution in [0.3, 0.4) is 0 Å². The molecule has 0 unspecified atom stereocenters. The molecule has 0 atom stereocenters. The van der Waals surface area contributed by atoms with Gasteiger partial charge in [-0.25, -0.2) is 0 Å². The fourth-order valence-corrected chi connectivity index (χ4v) is 7.07. The third kappa shape index (κ3) is 5.61. The average molecular weight is 417 g/mol. The zero-order valence-corrected chi connectivity index (χ0v) is 20.2. The fourth-order valence-electron chi connectivity index (χ4n) is 4.09. The molecule has 0 saturated carbocycles. The standard InChI is InChI=1S/2C11H17.2ClH.Ti/c2*1-8(2)10-6-5-7-11(10)9(3)4;;;/h2*6,8-9H,5H2,1-4H3;2*1H;/q;;;;+2/p-2. The van der Waals surface area contributed by atoms with Gasteiger partial charge >= 0.3 is 153 Å². The van der Waals surface area contributed by atoms with Crippen LogP contribution in [-0.4, -0.2) is 0 Å². The third-order valence-electron chi connectivity index (χ3n) is 5.02. The molecule has 0 saturated heterocycles. The minimum absolute atomic E-state index is 0. The van der Waals surface area contributed by atoms with E-state index in [0.29, 0.717) is 23.7 Å². The molecule has 2 aliphatic rings. The summed E-state index contributed by atoms with van der Waals surface area (Å²) in [5.41, 5.74) is 6.71. The van der Waals surface area contributed by atoms with E-state index in [2.05, 4.69) is 67.5 Å². The first kappa shape index (κ1) is 25.3. The summed E-state index contributed by atoms with van der Waals surface area (Å²) in [4.78, 5) is 0. The molecule has 0 radical (unpaired) electrons. The van der Waals surface area contributed by atoms with Crippen molar-refractivity contribution in [1.82, 2.24) is 0 Å². The summed E-state index contributed by atoms with van der Waals surface area (Å²) < 4.78 is 3.63. The van der Waals surface area contributed by atoms with Crippen LogP contribution in [-0.2, 0) is 19.2 Å². The van der Waals surface area contributed by atoms with Crippen molar-refractivity contribution in [2.24, 2.45) is 23.7 Å². The summed E-state index contributed by atoms with van der Waals surface area (Å²) >= 11 is -0.140. The van der Waals surface area contributed by atoms with E-state index in [4.69, 9.17) is 0 Å². The Labute approximate surface area is 177 Å². The van der Waals surface area contributed by atoms with Gasteiger partial charge in [0.2, 0.25) is 0 Å². The zero-order valence-electron chi connectivity index (χ0n) is 17.1. The van der Waals surface area contributed by atoms with Crippen LogP contribution in [0.2, 0.25) is 0 Å². The van der Waals surface area contributed by atoms with Crippen molar-refractivity contribution in [1.29, 1.82) is 0 Å². The van der Waals surface area contributed by atoms with Gasteiger partial charge < -0.3 is 24.8 Å². The van der Waals surface area contributed by atoms with Gasteiger partial charge in [0, 0.05) is 0 Å². The molecule has 3 heteroatoms. The largest absolute Gasteiger partial charge is 1.00 e. The molecule has 0 bridgehead atoms. The number of allylic oxidation sites excluding steroid dienone is 8. The Morgan fingerprint density at radius 3 is 1.16 bits per heavy atom. The first-order valence-electron chi connectivity index (χ1n) is 9.37. The summed E-state index contributed by atoms with van der Waals surface area (Å²) in [6, 6.07) is 0. The van der Waals surface area contributed by atoms with E-state index >= 15 is 0 Å². The molecule has 0 aliphatic heterocycles. The normalized spacial score (nSPS) is 17.3. The number of hydrogen-bond acceptors (Lipinski definition) is 0. The SMILES string of the molecule is CC(C)C1=CC[C]([Ti+2][C]2=C(C(C)C)C(C(C)C)=CC2)=C1C(C)C.[Cl-].[Cl-]. The van der Waals surface area contributed by atoms with Gasteiger partial charge in [0.05, 0.1) is 0 Å². The second kappa shape index (κ2) is 10.6. The van der Waals surface area contributed by atoms with Crippen LogP contribution in [0, 0.1) is 23.7 Å². The van der Waals surface area contributed by atoms with Crippen molar-refractivity contribution < 1.29 is 44.0 Å². The van der Waals surface area contributed by atoms with Gasteiger partial charge in [0.1, 0.15) is 0 Å². The van der Waals surface area contributed by atoms with Crippen molar-refractivity contribution in [3.05, 3.63) is 42.2 Å². The topological polar surface area (TPSA) is 0 Å². The second-order valence-corrected chi connectivity index (χ2v) is 10.5. The fraction of sp³-hybridized carbons (Fsp3) is 0.636. The van der Waals surface area contributed by atoms with E-state index < -0.39 is 0 Å². The average Bonchev–Trinajstić information content (AvgIpc) is 3.02. The molecule has 0 spiro atoms. The summed E-state index contributed by atoms with van der Waals surface area (Å²) in [7, 11) is 0. The molecule has 0 amide bonds. The van der Waals surface area contributed by atoms with Crippen LogP contribution < -0.4 is 24.8 Å². The number of halogens is 2. The van der Waals surface area contributed by atoms with Gasteiger partial charge in [-0.1, -0.05) is 0 Å². The first-order valence-corrected chi connectivity index (χ1v) is 10.9. The Balaban J connectivity index is 0.00000288. The van der Waals surface area contributed by atoms with E-state index in [0.717, 1.165) is 0 Å². The van der Waals surface area contributed by atoms with Crippen molar-refractivity contribution >= 4 is 0 Å². The predicted octanol–water partition coefficient (Wildman–Crippen LogP) is 0.869. The Morgan fingerprint density at radius 1 is 0.600 bits per heavy atom. The molecule has 0 aromatic carbocycles. The number of rotatable bonds is 6. The van der Waals surface area contributed by atoms with Crippen LogP contribution in [0.5, 0.6) is 0 Å². The quantitative estimate of drug-likeness (QED) is 0.563. The predicted molar refractivity (Wildman–Crippen MR) is 98.8 cm³/mol. The molecule has 0 aromatic rings. The summed E-state index contributed by atoms with van der Waals surface area (Å²) in [5, 5.41) is 0. The maximum absolute atomic E-state index is 2.53. The van der Waals surface area contributed by atoms with Crippen LogP contribution >= 0.6 is 0 Å². The maximum atomic E-state index is 2.53. The molecule has 0 aromatic heterocycles. The summed E-state index contributed by atoms with van der Waals surface area (Å²) in [6.07, 6.45) is 7.51. The smallest absolute Gasteiger partial charge is 1.00 e. The van der Waals surface area contributed by atoms with Gasteiger partial charge in [0.15, 0.2) is 0 Å². The molecule has 2 aliphatic carbocycles. The van der Waals surface area contributed by atoms with Gasteiger partial charge in [-0.3, -0.25) is 0 Å². The van der Waals surface area contributed by atoms with E-state index in [1.165, 1.54) is 12.8 Å². The molecular formula is C22H34Cl2Ti. The third-order valence-corrected chi connectivity index (χ3v) is 7.45. The zero-order chi connectivity index (χ0) is 17.3. The van der Waals surface area contributed by atoms with Crippen molar-refractivity contribution in [2.75, 3.05) is 0 Å². The Kier molecular flexibility index (Phi) is 10.7. The maximum Gasteiger partial charge on any atom is -1.00 e. The molecule has 0 heterocycles. The van der Waals surface area contributed by atoms with Crippen LogP contribution in [0.25, 0.3) is 0 Å². The molecule has 0 N–H and O–H groups in total. The number of hydrogen-bond donors (Lipinski definition) is 0. The van der Waals surface area contributed by atoms with E-state index in [9.17, 15) is 0 Å². The van der Waals surface area contributed by atoms with Gasteiger partial charge in [0.25, 0.3) is 0 Å². The molecule has 2 rings (SSSR count). The van der Waals surface area contributed by atoms with E-state index in [1.54, 1.807) is 22.3 Å².